The summed E-state index contributed by atoms with van der Waals surface area (Å²) in [6, 6.07) is 18.3. The fourth-order valence-electron chi connectivity index (χ4n) is 2.03. The van der Waals surface area contributed by atoms with Crippen molar-refractivity contribution in [2.75, 3.05) is 0 Å². The molecule has 1 N–H and O–H groups in total. The minimum Gasteiger partial charge on any atom is -0.486 e. The van der Waals surface area contributed by atoms with Gasteiger partial charge in [-0.05, 0) is 35.5 Å². The van der Waals surface area contributed by atoms with Crippen molar-refractivity contribution >= 4 is 12.2 Å². The lowest BCUT2D eigenvalue weighted by molar-refractivity contribution is 0.291. The van der Waals surface area contributed by atoms with E-state index in [1.54, 1.807) is 4.57 Å². The zero-order chi connectivity index (χ0) is 14.7. The lowest BCUT2D eigenvalue weighted by Crippen LogP contribution is -2.03. The van der Waals surface area contributed by atoms with Crippen LogP contribution >= 0.6 is 12.2 Å². The molecule has 0 spiro atoms. The summed E-state index contributed by atoms with van der Waals surface area (Å²) >= 11 is 5.07. The second-order valence-corrected chi connectivity index (χ2v) is 5.07. The van der Waals surface area contributed by atoms with E-state index in [9.17, 15) is 0 Å². The van der Waals surface area contributed by atoms with Crippen LogP contribution in [0.2, 0.25) is 0 Å². The first-order valence-electron chi connectivity index (χ1n) is 6.62. The highest BCUT2D eigenvalue weighted by Crippen LogP contribution is 2.22. The maximum atomic E-state index is 5.73. The van der Waals surface area contributed by atoms with Gasteiger partial charge in [-0.1, -0.05) is 42.5 Å². The van der Waals surface area contributed by atoms with E-state index < -0.39 is 0 Å². The molecule has 0 saturated carbocycles. The van der Waals surface area contributed by atoms with Crippen LogP contribution in [0.4, 0.5) is 0 Å². The fourth-order valence-corrected chi connectivity index (χ4v) is 2.18. The Bertz CT molecular complexity index is 775. The van der Waals surface area contributed by atoms with Gasteiger partial charge < -0.3 is 9.30 Å². The van der Waals surface area contributed by atoms with Gasteiger partial charge in [0.15, 0.2) is 10.6 Å². The number of aromatic amines is 1. The first-order chi connectivity index (χ1) is 10.2. The van der Waals surface area contributed by atoms with Crippen LogP contribution in [0.3, 0.4) is 0 Å². The molecule has 0 aliphatic carbocycles. The molecule has 4 nitrogen and oxygen atoms in total. The zero-order valence-electron chi connectivity index (χ0n) is 11.6. The lowest BCUT2D eigenvalue weighted by Gasteiger charge is -2.07. The quantitative estimate of drug-likeness (QED) is 0.746. The van der Waals surface area contributed by atoms with E-state index >= 15 is 0 Å². The van der Waals surface area contributed by atoms with Crippen molar-refractivity contribution in [2.45, 2.75) is 6.61 Å². The SMILES string of the molecule is Cn1c(COc2ccc(-c3ccccc3)cc2)n[nH]c1=S. The molecule has 5 heteroatoms. The van der Waals surface area contributed by atoms with Crippen LogP contribution in [0.25, 0.3) is 11.1 Å². The van der Waals surface area contributed by atoms with Gasteiger partial charge in [0, 0.05) is 7.05 Å². The molecule has 3 rings (SSSR count). The molecule has 3 aromatic rings. The number of H-pyrrole nitrogens is 1. The van der Waals surface area contributed by atoms with Gasteiger partial charge in [0.2, 0.25) is 0 Å². The number of nitrogens with one attached hydrogen (secondary N) is 1. The summed E-state index contributed by atoms with van der Waals surface area (Å²) < 4.78 is 8.12. The summed E-state index contributed by atoms with van der Waals surface area (Å²) in [5, 5.41) is 6.86. The minimum absolute atomic E-state index is 0.383. The molecule has 0 unspecified atom stereocenters. The topological polar surface area (TPSA) is 42.8 Å². The summed E-state index contributed by atoms with van der Waals surface area (Å²) in [7, 11) is 1.86. The molecule has 106 valence electrons. The molecular formula is C16H15N3OS. The first-order valence-corrected chi connectivity index (χ1v) is 7.03. The predicted molar refractivity (Wildman–Crippen MR) is 84.6 cm³/mol. The Morgan fingerprint density at radius 1 is 1.05 bits per heavy atom. The Morgan fingerprint density at radius 3 is 2.33 bits per heavy atom. The van der Waals surface area contributed by atoms with Crippen molar-refractivity contribution in [3.05, 3.63) is 65.2 Å². The maximum Gasteiger partial charge on any atom is 0.194 e. The fraction of sp³-hybridized carbons (Fsp3) is 0.125. The molecular weight excluding hydrogens is 282 g/mol. The van der Waals surface area contributed by atoms with Crippen LogP contribution in [-0.2, 0) is 13.7 Å². The Balaban J connectivity index is 1.70. The summed E-state index contributed by atoms with van der Waals surface area (Å²) in [5.41, 5.74) is 2.36. The second-order valence-electron chi connectivity index (χ2n) is 4.68. The van der Waals surface area contributed by atoms with E-state index in [1.165, 1.54) is 11.1 Å². The molecule has 1 aromatic heterocycles. The molecule has 0 bridgehead atoms. The van der Waals surface area contributed by atoms with Crippen molar-refractivity contribution < 1.29 is 4.74 Å². The molecule has 21 heavy (non-hydrogen) atoms. The van der Waals surface area contributed by atoms with Gasteiger partial charge in [0.25, 0.3) is 0 Å². The number of hydrogen-bond acceptors (Lipinski definition) is 3. The molecule has 0 fully saturated rings. The molecule has 0 amide bonds. The van der Waals surface area contributed by atoms with E-state index in [0.29, 0.717) is 11.4 Å². The smallest absolute Gasteiger partial charge is 0.194 e. The second kappa shape index (κ2) is 5.93. The number of benzene rings is 2. The van der Waals surface area contributed by atoms with Gasteiger partial charge in [-0.2, -0.15) is 5.10 Å². The number of rotatable bonds is 4. The van der Waals surface area contributed by atoms with Crippen LogP contribution < -0.4 is 4.74 Å². The predicted octanol–water partition coefficient (Wildman–Crippen LogP) is 3.72. The summed E-state index contributed by atoms with van der Waals surface area (Å²) in [4.78, 5) is 0. The first kappa shape index (κ1) is 13.6. The standard InChI is InChI=1S/C16H15N3OS/c1-19-15(17-18-16(19)21)11-20-14-9-7-13(8-10-14)12-5-3-2-4-6-12/h2-10H,11H2,1H3,(H,18,21). The van der Waals surface area contributed by atoms with E-state index in [0.717, 1.165) is 11.6 Å². The number of aromatic nitrogens is 3. The maximum absolute atomic E-state index is 5.73. The van der Waals surface area contributed by atoms with E-state index in [1.807, 2.05) is 49.5 Å². The van der Waals surface area contributed by atoms with Crippen LogP contribution in [0.5, 0.6) is 5.75 Å². The monoisotopic (exact) mass is 297 g/mol. The average molecular weight is 297 g/mol. The van der Waals surface area contributed by atoms with Crippen LogP contribution in [0.1, 0.15) is 5.82 Å². The van der Waals surface area contributed by atoms with Crippen LogP contribution in [0, 0.1) is 4.77 Å². The van der Waals surface area contributed by atoms with Gasteiger partial charge >= 0.3 is 0 Å². The Morgan fingerprint density at radius 2 is 1.71 bits per heavy atom. The molecule has 0 radical (unpaired) electrons. The molecule has 0 aliphatic heterocycles. The van der Waals surface area contributed by atoms with E-state index in [-0.39, 0.29) is 0 Å². The van der Waals surface area contributed by atoms with Gasteiger partial charge in [0.1, 0.15) is 12.4 Å². The highest BCUT2D eigenvalue weighted by Gasteiger charge is 2.03. The number of hydrogen-bond donors (Lipinski definition) is 1. The highest BCUT2D eigenvalue weighted by molar-refractivity contribution is 7.71. The molecule has 0 aliphatic rings. The Labute approximate surface area is 128 Å². The summed E-state index contributed by atoms with van der Waals surface area (Å²) in [6.45, 7) is 0.383. The van der Waals surface area contributed by atoms with E-state index in [2.05, 4.69) is 22.3 Å². The molecule has 2 aromatic carbocycles. The minimum atomic E-state index is 0.383. The lowest BCUT2D eigenvalue weighted by atomic mass is 10.1. The average Bonchev–Trinajstić information content (AvgIpc) is 2.86. The molecule has 0 saturated heterocycles. The van der Waals surface area contributed by atoms with Gasteiger partial charge in [0.05, 0.1) is 0 Å². The van der Waals surface area contributed by atoms with Crippen molar-refractivity contribution in [2.24, 2.45) is 7.05 Å². The van der Waals surface area contributed by atoms with Crippen molar-refractivity contribution in [3.63, 3.8) is 0 Å². The van der Waals surface area contributed by atoms with E-state index in [4.69, 9.17) is 17.0 Å². The normalized spacial score (nSPS) is 10.5. The highest BCUT2D eigenvalue weighted by atomic mass is 32.1. The van der Waals surface area contributed by atoms with Crippen molar-refractivity contribution in [1.29, 1.82) is 0 Å². The van der Waals surface area contributed by atoms with Crippen LogP contribution in [0.15, 0.2) is 54.6 Å². The van der Waals surface area contributed by atoms with Gasteiger partial charge in [-0.25, -0.2) is 0 Å². The van der Waals surface area contributed by atoms with Gasteiger partial charge in [-0.3, -0.25) is 5.10 Å². The molecule has 1 heterocycles. The third-order valence-corrected chi connectivity index (χ3v) is 3.67. The Kier molecular flexibility index (Phi) is 3.83. The third-order valence-electron chi connectivity index (χ3n) is 3.30. The Hall–Kier alpha value is -2.40. The number of nitrogens with zero attached hydrogens (tertiary/aromatic N) is 2. The van der Waals surface area contributed by atoms with Crippen LogP contribution in [-0.4, -0.2) is 14.8 Å². The molecule has 0 atom stereocenters. The largest absolute Gasteiger partial charge is 0.486 e. The summed E-state index contributed by atoms with van der Waals surface area (Å²) in [6.07, 6.45) is 0. The summed E-state index contributed by atoms with van der Waals surface area (Å²) in [5.74, 6) is 1.58. The van der Waals surface area contributed by atoms with Crippen molar-refractivity contribution in [1.82, 2.24) is 14.8 Å². The third kappa shape index (κ3) is 3.03. The number of ether oxygens (including phenoxy) is 1. The zero-order valence-corrected chi connectivity index (χ0v) is 12.4. The van der Waals surface area contributed by atoms with Crippen molar-refractivity contribution in [3.8, 4) is 16.9 Å². The van der Waals surface area contributed by atoms with Gasteiger partial charge in [-0.15, -0.1) is 0 Å².